The van der Waals surface area contributed by atoms with Crippen LogP contribution in [0, 0.1) is 12.7 Å². The van der Waals surface area contributed by atoms with E-state index < -0.39 is 11.7 Å². The Balaban J connectivity index is 1.23. The predicted octanol–water partition coefficient (Wildman–Crippen LogP) is 4.53. The second kappa shape index (κ2) is 9.92. The van der Waals surface area contributed by atoms with Crippen molar-refractivity contribution in [1.29, 1.82) is 0 Å². The van der Waals surface area contributed by atoms with Crippen LogP contribution >= 0.6 is 11.3 Å². The monoisotopic (exact) mass is 501 g/mol. The van der Waals surface area contributed by atoms with Crippen LogP contribution in [0.2, 0.25) is 0 Å². The predicted molar refractivity (Wildman–Crippen MR) is 134 cm³/mol. The molecule has 0 atom stereocenters. The highest BCUT2D eigenvalue weighted by Gasteiger charge is 2.16. The van der Waals surface area contributed by atoms with E-state index in [9.17, 15) is 14.0 Å². The largest absolute Gasteiger partial charge is 0.333 e. The molecule has 36 heavy (non-hydrogen) atoms. The Labute approximate surface area is 209 Å². The number of benzene rings is 2. The Hall–Kier alpha value is -4.64. The SMILES string of the molecule is Cc1cc(Cn2ccnc2)ccc1NC(=O)c1ccc(C(=O)Nc2ccc(-n3cncn3)c(F)c2)s1. The third-order valence-corrected chi connectivity index (χ3v) is 6.47. The number of nitrogens with zero attached hydrogens (tertiary/aromatic N) is 5. The summed E-state index contributed by atoms with van der Waals surface area (Å²) in [5.74, 6) is -1.31. The number of anilines is 2. The Kier molecular flexibility index (Phi) is 6.37. The average Bonchev–Trinajstić information content (AvgIpc) is 3.64. The average molecular weight is 502 g/mol. The molecular weight excluding hydrogens is 481 g/mol. The molecule has 11 heteroatoms. The third kappa shape index (κ3) is 5.05. The summed E-state index contributed by atoms with van der Waals surface area (Å²) in [6, 6.07) is 13.2. The summed E-state index contributed by atoms with van der Waals surface area (Å²) in [4.78, 5) is 34.0. The van der Waals surface area contributed by atoms with E-state index in [-0.39, 0.29) is 17.3 Å². The number of rotatable bonds is 7. The van der Waals surface area contributed by atoms with Crippen molar-refractivity contribution in [3.05, 3.63) is 107 Å². The smallest absolute Gasteiger partial charge is 0.265 e. The van der Waals surface area contributed by atoms with Crippen molar-refractivity contribution in [2.75, 3.05) is 10.6 Å². The molecule has 2 N–H and O–H groups in total. The van der Waals surface area contributed by atoms with Gasteiger partial charge in [0, 0.05) is 30.3 Å². The number of imidazole rings is 1. The lowest BCUT2D eigenvalue weighted by Crippen LogP contribution is -2.12. The Morgan fingerprint density at radius 1 is 0.972 bits per heavy atom. The zero-order valence-electron chi connectivity index (χ0n) is 19.1. The van der Waals surface area contributed by atoms with E-state index in [0.717, 1.165) is 22.5 Å². The van der Waals surface area contributed by atoms with Gasteiger partial charge in [-0.05, 0) is 54.4 Å². The number of halogens is 1. The number of aryl methyl sites for hydroxylation is 1. The molecule has 0 aliphatic heterocycles. The summed E-state index contributed by atoms with van der Waals surface area (Å²) in [5.41, 5.74) is 3.20. The van der Waals surface area contributed by atoms with Gasteiger partial charge in [-0.3, -0.25) is 9.59 Å². The minimum Gasteiger partial charge on any atom is -0.333 e. The maximum Gasteiger partial charge on any atom is 0.265 e. The molecule has 0 aliphatic carbocycles. The zero-order valence-corrected chi connectivity index (χ0v) is 19.9. The van der Waals surface area contributed by atoms with Crippen molar-refractivity contribution in [1.82, 2.24) is 24.3 Å². The number of amides is 2. The number of thiophene rings is 1. The summed E-state index contributed by atoms with van der Waals surface area (Å²) in [7, 11) is 0. The van der Waals surface area contributed by atoms with Crippen molar-refractivity contribution < 1.29 is 14.0 Å². The van der Waals surface area contributed by atoms with Crippen LogP contribution in [0.25, 0.3) is 5.69 Å². The van der Waals surface area contributed by atoms with Crippen molar-refractivity contribution in [2.45, 2.75) is 13.5 Å². The van der Waals surface area contributed by atoms with Gasteiger partial charge < -0.3 is 15.2 Å². The highest BCUT2D eigenvalue weighted by molar-refractivity contribution is 7.16. The highest BCUT2D eigenvalue weighted by Crippen LogP contribution is 2.23. The number of aromatic nitrogens is 5. The van der Waals surface area contributed by atoms with Gasteiger partial charge in [-0.2, -0.15) is 5.10 Å². The van der Waals surface area contributed by atoms with Gasteiger partial charge in [0.1, 0.15) is 18.3 Å². The summed E-state index contributed by atoms with van der Waals surface area (Å²) < 4.78 is 17.7. The third-order valence-electron chi connectivity index (χ3n) is 5.39. The van der Waals surface area contributed by atoms with Crippen LogP contribution in [0.3, 0.4) is 0 Å². The van der Waals surface area contributed by atoms with Crippen molar-refractivity contribution in [2.24, 2.45) is 0 Å². The molecular formula is C25H20FN7O2S. The molecule has 0 aliphatic rings. The van der Waals surface area contributed by atoms with E-state index in [1.807, 2.05) is 35.9 Å². The first-order chi connectivity index (χ1) is 17.5. The van der Waals surface area contributed by atoms with Gasteiger partial charge in [-0.25, -0.2) is 19.0 Å². The molecule has 0 spiro atoms. The van der Waals surface area contributed by atoms with Gasteiger partial charge in [0.2, 0.25) is 0 Å². The van der Waals surface area contributed by atoms with Gasteiger partial charge in [0.25, 0.3) is 11.8 Å². The van der Waals surface area contributed by atoms with E-state index >= 15 is 0 Å². The minimum absolute atomic E-state index is 0.214. The van der Waals surface area contributed by atoms with Crippen LogP contribution in [0.1, 0.15) is 30.5 Å². The molecule has 5 rings (SSSR count). The first-order valence-corrected chi connectivity index (χ1v) is 11.7. The van der Waals surface area contributed by atoms with Crippen LogP contribution in [-0.2, 0) is 6.54 Å². The summed E-state index contributed by atoms with van der Waals surface area (Å²) in [5, 5.41) is 9.45. The summed E-state index contributed by atoms with van der Waals surface area (Å²) in [6.07, 6.45) is 8.05. The Bertz CT molecular complexity index is 1530. The molecule has 0 bridgehead atoms. The van der Waals surface area contributed by atoms with Crippen LogP contribution in [-0.4, -0.2) is 36.1 Å². The molecule has 2 aromatic carbocycles. The van der Waals surface area contributed by atoms with Crippen LogP contribution in [0.5, 0.6) is 0 Å². The van der Waals surface area contributed by atoms with E-state index in [1.54, 1.807) is 30.7 Å². The normalized spacial score (nSPS) is 10.8. The molecule has 9 nitrogen and oxygen atoms in total. The number of hydrogen-bond donors (Lipinski definition) is 2. The minimum atomic E-state index is -0.559. The van der Waals surface area contributed by atoms with E-state index in [0.29, 0.717) is 22.0 Å². The molecule has 0 saturated carbocycles. The van der Waals surface area contributed by atoms with Crippen LogP contribution in [0.4, 0.5) is 15.8 Å². The molecule has 2 amide bonds. The van der Waals surface area contributed by atoms with Gasteiger partial charge >= 0.3 is 0 Å². The van der Waals surface area contributed by atoms with Crippen LogP contribution in [0.15, 0.2) is 79.9 Å². The van der Waals surface area contributed by atoms with Gasteiger partial charge in [0.05, 0.1) is 16.1 Å². The lowest BCUT2D eigenvalue weighted by Gasteiger charge is -2.10. The van der Waals surface area contributed by atoms with Gasteiger partial charge in [0.15, 0.2) is 5.82 Å². The first kappa shape index (κ1) is 23.1. The van der Waals surface area contributed by atoms with E-state index in [1.165, 1.54) is 29.5 Å². The Morgan fingerprint density at radius 3 is 2.44 bits per heavy atom. The molecule has 0 radical (unpaired) electrons. The fraction of sp³-hybridized carbons (Fsp3) is 0.0800. The fourth-order valence-corrected chi connectivity index (χ4v) is 4.41. The van der Waals surface area contributed by atoms with Crippen molar-refractivity contribution >= 4 is 34.5 Å². The lowest BCUT2D eigenvalue weighted by atomic mass is 10.1. The molecule has 5 aromatic rings. The molecule has 180 valence electrons. The first-order valence-electron chi connectivity index (χ1n) is 10.9. The molecule has 0 unspecified atom stereocenters. The van der Waals surface area contributed by atoms with E-state index in [2.05, 4.69) is 25.7 Å². The van der Waals surface area contributed by atoms with E-state index in [4.69, 9.17) is 0 Å². The molecule has 0 fully saturated rings. The Morgan fingerprint density at radius 2 is 1.78 bits per heavy atom. The lowest BCUT2D eigenvalue weighted by molar-refractivity contribution is 0.102. The number of hydrogen-bond acceptors (Lipinski definition) is 6. The standard InChI is InChI=1S/C25H20FN7O2S/c1-16-10-17(12-32-9-8-27-14-32)2-4-20(16)31-25(35)23-7-6-22(36-23)24(34)30-18-3-5-21(19(26)11-18)33-15-28-13-29-33/h2-11,13-15H,12H2,1H3,(H,30,34)(H,31,35). The van der Waals surface area contributed by atoms with Crippen LogP contribution < -0.4 is 10.6 Å². The molecule has 3 aromatic heterocycles. The number of carbonyl (C=O) groups excluding carboxylic acids is 2. The quantitative estimate of drug-likeness (QED) is 0.341. The van der Waals surface area contributed by atoms with Crippen molar-refractivity contribution in [3.63, 3.8) is 0 Å². The summed E-state index contributed by atoms with van der Waals surface area (Å²) in [6.45, 7) is 2.61. The number of nitrogens with one attached hydrogen (secondary N) is 2. The second-order valence-corrected chi connectivity index (χ2v) is 9.05. The number of carbonyl (C=O) groups is 2. The highest BCUT2D eigenvalue weighted by atomic mass is 32.1. The summed E-state index contributed by atoms with van der Waals surface area (Å²) >= 11 is 1.05. The topological polar surface area (TPSA) is 107 Å². The van der Waals surface area contributed by atoms with Gasteiger partial charge in [-0.1, -0.05) is 12.1 Å². The van der Waals surface area contributed by atoms with Gasteiger partial charge in [-0.15, -0.1) is 11.3 Å². The zero-order chi connectivity index (χ0) is 25.1. The fourth-order valence-electron chi connectivity index (χ4n) is 3.62. The molecule has 0 saturated heterocycles. The van der Waals surface area contributed by atoms with Crippen molar-refractivity contribution in [3.8, 4) is 5.69 Å². The molecule has 3 heterocycles. The maximum atomic E-state index is 14.4. The second-order valence-electron chi connectivity index (χ2n) is 7.96. The maximum absolute atomic E-state index is 14.4.